The molecule has 2 heteroatoms. The van der Waals surface area contributed by atoms with E-state index in [-0.39, 0.29) is 9.76 Å². The topological polar surface area (TPSA) is 9.23 Å². The van der Waals surface area contributed by atoms with Crippen molar-refractivity contribution in [3.05, 3.63) is 41.5 Å². The Labute approximate surface area is 87.7 Å². The summed E-state index contributed by atoms with van der Waals surface area (Å²) in [5, 5.41) is 0. The van der Waals surface area contributed by atoms with Gasteiger partial charge in [0.1, 0.15) is 0 Å². The van der Waals surface area contributed by atoms with Gasteiger partial charge in [0.15, 0.2) is 9.76 Å². The van der Waals surface area contributed by atoms with Gasteiger partial charge in [-0.15, -0.1) is 0 Å². The van der Waals surface area contributed by atoms with Crippen molar-refractivity contribution in [3.63, 3.8) is 0 Å². The number of hydrogen-bond donors (Lipinski definition) is 0. The lowest BCUT2D eigenvalue weighted by atomic mass is 9.98. The Balaban J connectivity index is 2.00. The van der Waals surface area contributed by atoms with Crippen molar-refractivity contribution in [2.75, 3.05) is 6.61 Å². The van der Waals surface area contributed by atoms with Crippen molar-refractivity contribution in [3.8, 4) is 0 Å². The van der Waals surface area contributed by atoms with Crippen LogP contribution in [-0.2, 0) is 4.43 Å². The molecule has 1 aliphatic carbocycles. The molecular formula is C12H16OSi. The summed E-state index contributed by atoms with van der Waals surface area (Å²) in [7, 11) is -0.224. The van der Waals surface area contributed by atoms with E-state index < -0.39 is 0 Å². The molecule has 14 heavy (non-hydrogen) atoms. The standard InChI is InChI=1S/C12H16OSi/c1-14-13-9-8-11-7-6-10-4-2-3-5-12(10)11/h2-7,11H,8-9,14H2,1H3. The maximum atomic E-state index is 5.52. The number of hydrogen-bond acceptors (Lipinski definition) is 1. The van der Waals surface area contributed by atoms with Crippen molar-refractivity contribution in [1.29, 1.82) is 0 Å². The van der Waals surface area contributed by atoms with Crippen LogP contribution >= 0.6 is 0 Å². The summed E-state index contributed by atoms with van der Waals surface area (Å²) >= 11 is 0. The fourth-order valence-electron chi connectivity index (χ4n) is 1.93. The van der Waals surface area contributed by atoms with E-state index in [1.54, 1.807) is 0 Å². The van der Waals surface area contributed by atoms with Crippen LogP contribution in [0.25, 0.3) is 6.08 Å². The van der Waals surface area contributed by atoms with Crippen LogP contribution in [0, 0.1) is 0 Å². The van der Waals surface area contributed by atoms with Gasteiger partial charge in [-0.3, -0.25) is 0 Å². The highest BCUT2D eigenvalue weighted by atomic mass is 28.2. The molecule has 0 fully saturated rings. The maximum Gasteiger partial charge on any atom is 0.158 e. The van der Waals surface area contributed by atoms with Crippen LogP contribution in [0.2, 0.25) is 6.55 Å². The zero-order chi connectivity index (χ0) is 9.80. The largest absolute Gasteiger partial charge is 0.424 e. The third kappa shape index (κ3) is 1.96. The molecule has 0 aliphatic heterocycles. The predicted octanol–water partition coefficient (Wildman–Crippen LogP) is 2.34. The quantitative estimate of drug-likeness (QED) is 0.540. The summed E-state index contributed by atoms with van der Waals surface area (Å²) in [6.07, 6.45) is 5.66. The van der Waals surface area contributed by atoms with Gasteiger partial charge in [-0.2, -0.15) is 0 Å². The third-order valence-corrected chi connectivity index (χ3v) is 3.38. The maximum absolute atomic E-state index is 5.52. The SMILES string of the molecule is C[SiH2]OCCC1C=Cc2ccccc21. The van der Waals surface area contributed by atoms with E-state index >= 15 is 0 Å². The Morgan fingerprint density at radius 1 is 1.36 bits per heavy atom. The fourth-order valence-corrected chi connectivity index (χ4v) is 2.39. The van der Waals surface area contributed by atoms with E-state index in [9.17, 15) is 0 Å². The van der Waals surface area contributed by atoms with Crippen LogP contribution in [-0.4, -0.2) is 16.4 Å². The van der Waals surface area contributed by atoms with Crippen LogP contribution in [0.3, 0.4) is 0 Å². The minimum absolute atomic E-state index is 0.224. The summed E-state index contributed by atoms with van der Waals surface area (Å²) in [5.74, 6) is 0.590. The molecule has 0 amide bonds. The Bertz CT molecular complexity index is 333. The van der Waals surface area contributed by atoms with E-state index in [1.807, 2.05) is 0 Å². The van der Waals surface area contributed by atoms with E-state index in [4.69, 9.17) is 4.43 Å². The summed E-state index contributed by atoms with van der Waals surface area (Å²) in [6.45, 7) is 3.10. The van der Waals surface area contributed by atoms with Crippen LogP contribution in [0.15, 0.2) is 30.3 Å². The molecule has 1 aliphatic rings. The molecule has 1 atom stereocenters. The molecule has 0 N–H and O–H groups in total. The molecule has 0 heterocycles. The molecule has 0 saturated carbocycles. The van der Waals surface area contributed by atoms with Gasteiger partial charge in [-0.05, 0) is 17.5 Å². The van der Waals surface area contributed by atoms with Gasteiger partial charge in [-0.25, -0.2) is 0 Å². The lowest BCUT2D eigenvalue weighted by molar-refractivity contribution is 0.324. The van der Waals surface area contributed by atoms with Crippen molar-refractivity contribution in [1.82, 2.24) is 0 Å². The van der Waals surface area contributed by atoms with Crippen LogP contribution in [0.5, 0.6) is 0 Å². The molecule has 0 radical (unpaired) electrons. The third-order valence-electron chi connectivity index (χ3n) is 2.68. The van der Waals surface area contributed by atoms with Gasteiger partial charge in [0.05, 0.1) is 0 Å². The number of benzene rings is 1. The lowest BCUT2D eigenvalue weighted by Crippen LogP contribution is -2.01. The smallest absolute Gasteiger partial charge is 0.158 e. The molecule has 0 aromatic heterocycles. The van der Waals surface area contributed by atoms with Gasteiger partial charge in [0, 0.05) is 12.5 Å². The number of rotatable bonds is 4. The summed E-state index contributed by atoms with van der Waals surface area (Å²) < 4.78 is 5.52. The highest BCUT2D eigenvalue weighted by molar-refractivity contribution is 6.24. The summed E-state index contributed by atoms with van der Waals surface area (Å²) in [5.41, 5.74) is 2.85. The average Bonchev–Trinajstić information content (AvgIpc) is 2.63. The lowest BCUT2D eigenvalue weighted by Gasteiger charge is -2.10. The van der Waals surface area contributed by atoms with Gasteiger partial charge in [0.2, 0.25) is 0 Å². The van der Waals surface area contributed by atoms with Crippen LogP contribution < -0.4 is 0 Å². The molecule has 2 rings (SSSR count). The predicted molar refractivity (Wildman–Crippen MR) is 63.2 cm³/mol. The zero-order valence-electron chi connectivity index (χ0n) is 8.57. The Morgan fingerprint density at radius 2 is 2.21 bits per heavy atom. The Morgan fingerprint density at radius 3 is 3.07 bits per heavy atom. The number of allylic oxidation sites excluding steroid dienone is 1. The number of fused-ring (bicyclic) bond motifs is 1. The first-order valence-corrected chi connectivity index (χ1v) is 7.26. The van der Waals surface area contributed by atoms with E-state index in [0.29, 0.717) is 5.92 Å². The zero-order valence-corrected chi connectivity index (χ0v) is 9.99. The average molecular weight is 204 g/mol. The fraction of sp³-hybridized carbons (Fsp3) is 0.333. The molecule has 1 aromatic rings. The van der Waals surface area contributed by atoms with Gasteiger partial charge in [-0.1, -0.05) is 43.0 Å². The molecule has 1 aromatic carbocycles. The van der Waals surface area contributed by atoms with Crippen molar-refractivity contribution in [2.45, 2.75) is 18.9 Å². The second kappa shape index (κ2) is 4.58. The van der Waals surface area contributed by atoms with Gasteiger partial charge in [0.25, 0.3) is 0 Å². The van der Waals surface area contributed by atoms with Crippen LogP contribution in [0.4, 0.5) is 0 Å². The monoisotopic (exact) mass is 204 g/mol. The second-order valence-corrected chi connectivity index (χ2v) is 4.57. The summed E-state index contributed by atoms with van der Waals surface area (Å²) in [6, 6.07) is 8.62. The van der Waals surface area contributed by atoms with E-state index in [2.05, 4.69) is 43.0 Å². The second-order valence-electron chi connectivity index (χ2n) is 3.58. The minimum Gasteiger partial charge on any atom is -0.424 e. The summed E-state index contributed by atoms with van der Waals surface area (Å²) in [4.78, 5) is 0. The van der Waals surface area contributed by atoms with Gasteiger partial charge >= 0.3 is 0 Å². The van der Waals surface area contributed by atoms with Gasteiger partial charge < -0.3 is 4.43 Å². The van der Waals surface area contributed by atoms with Crippen molar-refractivity contribution >= 4 is 15.8 Å². The van der Waals surface area contributed by atoms with Crippen molar-refractivity contribution in [2.24, 2.45) is 0 Å². The highest BCUT2D eigenvalue weighted by Crippen LogP contribution is 2.31. The van der Waals surface area contributed by atoms with Crippen LogP contribution in [0.1, 0.15) is 23.5 Å². The first-order chi connectivity index (χ1) is 6.92. The first-order valence-electron chi connectivity index (χ1n) is 5.26. The Hall–Kier alpha value is -0.863. The molecule has 0 bridgehead atoms. The molecule has 0 saturated heterocycles. The van der Waals surface area contributed by atoms with E-state index in [0.717, 1.165) is 13.0 Å². The molecular weight excluding hydrogens is 188 g/mol. The minimum atomic E-state index is -0.224. The normalized spacial score (nSPS) is 19.4. The highest BCUT2D eigenvalue weighted by Gasteiger charge is 2.15. The molecule has 0 spiro atoms. The Kier molecular flexibility index (Phi) is 3.17. The molecule has 1 unspecified atom stereocenters. The van der Waals surface area contributed by atoms with E-state index in [1.165, 1.54) is 11.1 Å². The first kappa shape index (κ1) is 9.68. The molecule has 74 valence electrons. The van der Waals surface area contributed by atoms with Crippen molar-refractivity contribution < 1.29 is 4.43 Å². The molecule has 1 nitrogen and oxygen atoms in total.